The average molecular weight is 380 g/mol. The Bertz CT molecular complexity index is 854. The minimum absolute atomic E-state index is 0.109. The van der Waals surface area contributed by atoms with E-state index in [0.717, 1.165) is 15.7 Å². The van der Waals surface area contributed by atoms with E-state index in [1.54, 1.807) is 0 Å². The molecular formula is C16H14BrNO3S. The second-order valence-corrected chi connectivity index (χ2v) is 8.95. The molecule has 1 fully saturated rings. The van der Waals surface area contributed by atoms with Gasteiger partial charge in [0.05, 0.1) is 22.3 Å². The van der Waals surface area contributed by atoms with E-state index in [2.05, 4.69) is 20.9 Å². The van der Waals surface area contributed by atoms with E-state index in [4.69, 9.17) is 0 Å². The van der Waals surface area contributed by atoms with Crippen LogP contribution in [0.5, 0.6) is 0 Å². The Hall–Kier alpha value is -1.27. The monoisotopic (exact) mass is 379 g/mol. The molecule has 1 saturated carbocycles. The Balaban J connectivity index is 1.96. The van der Waals surface area contributed by atoms with E-state index >= 15 is 0 Å². The first-order valence-electron chi connectivity index (χ1n) is 7.29. The van der Waals surface area contributed by atoms with E-state index in [1.165, 1.54) is 0 Å². The number of rotatable bonds is 1. The van der Waals surface area contributed by atoms with Gasteiger partial charge in [-0.05, 0) is 24.1 Å². The predicted molar refractivity (Wildman–Crippen MR) is 87.5 cm³/mol. The van der Waals surface area contributed by atoms with Crippen molar-refractivity contribution in [2.24, 2.45) is 10.9 Å². The number of ketones is 1. The molecule has 2 atom stereocenters. The van der Waals surface area contributed by atoms with Crippen LogP contribution in [0.1, 0.15) is 30.7 Å². The maximum atomic E-state index is 12.5. The highest BCUT2D eigenvalue weighted by molar-refractivity contribution is 9.10. The molecule has 0 bridgehead atoms. The molecule has 0 saturated heterocycles. The number of carbonyl (C=O) groups excluding carboxylic acids is 1. The second-order valence-electron chi connectivity index (χ2n) is 5.96. The van der Waals surface area contributed by atoms with Crippen LogP contribution in [0.15, 0.2) is 44.3 Å². The first kappa shape index (κ1) is 14.3. The zero-order valence-corrected chi connectivity index (χ0v) is 14.2. The minimum atomic E-state index is -3.31. The van der Waals surface area contributed by atoms with Gasteiger partial charge in [-0.3, -0.25) is 9.79 Å². The summed E-state index contributed by atoms with van der Waals surface area (Å²) >= 11 is 3.44. The van der Waals surface area contributed by atoms with E-state index in [0.29, 0.717) is 29.9 Å². The molecule has 0 spiro atoms. The summed E-state index contributed by atoms with van der Waals surface area (Å²) in [4.78, 5) is 17.3. The fraction of sp³-hybridized carbons (Fsp3) is 0.375. The number of carbonyl (C=O) groups is 1. The first-order chi connectivity index (χ1) is 10.5. The van der Waals surface area contributed by atoms with Crippen molar-refractivity contribution < 1.29 is 13.2 Å². The van der Waals surface area contributed by atoms with Crippen molar-refractivity contribution in [2.45, 2.75) is 25.2 Å². The molecule has 1 aromatic carbocycles. The molecule has 1 aliphatic carbocycles. The number of aliphatic imine (C=N–C) groups is 1. The number of allylic oxidation sites excluding steroid dienone is 2. The third kappa shape index (κ3) is 2.04. The number of benzene rings is 1. The lowest BCUT2D eigenvalue weighted by molar-refractivity contribution is -0.120. The largest absolute Gasteiger partial charge is 0.299 e. The number of nitrogens with zero attached hydrogens (tertiary/aromatic N) is 1. The lowest BCUT2D eigenvalue weighted by atomic mass is 9.81. The fourth-order valence-electron chi connectivity index (χ4n) is 3.75. The van der Waals surface area contributed by atoms with Gasteiger partial charge in [-0.2, -0.15) is 0 Å². The van der Waals surface area contributed by atoms with Gasteiger partial charge in [0.15, 0.2) is 9.84 Å². The van der Waals surface area contributed by atoms with E-state index in [1.807, 2.05) is 24.3 Å². The van der Waals surface area contributed by atoms with Crippen LogP contribution in [0.25, 0.3) is 0 Å². The molecule has 4 rings (SSSR count). The van der Waals surface area contributed by atoms with Gasteiger partial charge < -0.3 is 0 Å². The van der Waals surface area contributed by atoms with E-state index in [9.17, 15) is 13.2 Å². The summed E-state index contributed by atoms with van der Waals surface area (Å²) in [6.07, 6.45) is 1.59. The van der Waals surface area contributed by atoms with Crippen LogP contribution in [0.2, 0.25) is 0 Å². The Labute approximate surface area is 137 Å². The van der Waals surface area contributed by atoms with Crippen molar-refractivity contribution in [3.8, 4) is 0 Å². The molecule has 114 valence electrons. The molecule has 3 aliphatic rings. The quantitative estimate of drug-likeness (QED) is 0.753. The number of sulfone groups is 1. The maximum Gasteiger partial charge on any atom is 0.177 e. The Kier molecular flexibility index (Phi) is 3.17. The number of hydrogen-bond acceptors (Lipinski definition) is 4. The molecule has 6 heteroatoms. The van der Waals surface area contributed by atoms with Crippen molar-refractivity contribution in [3.63, 3.8) is 0 Å². The third-order valence-corrected chi connectivity index (χ3v) is 7.06. The second kappa shape index (κ2) is 4.86. The smallest absolute Gasteiger partial charge is 0.177 e. The molecule has 0 radical (unpaired) electrons. The van der Waals surface area contributed by atoms with Gasteiger partial charge in [0, 0.05) is 28.9 Å². The van der Waals surface area contributed by atoms with Crippen LogP contribution in [0.4, 0.5) is 0 Å². The van der Waals surface area contributed by atoms with E-state index < -0.39 is 21.7 Å². The molecule has 1 aromatic rings. The molecule has 4 nitrogen and oxygen atoms in total. The molecule has 22 heavy (non-hydrogen) atoms. The highest BCUT2D eigenvalue weighted by atomic mass is 79.9. The van der Waals surface area contributed by atoms with E-state index in [-0.39, 0.29) is 11.5 Å². The zero-order chi connectivity index (χ0) is 15.5. The summed E-state index contributed by atoms with van der Waals surface area (Å²) in [5, 5.41) is 0. The average Bonchev–Trinajstić information content (AvgIpc) is 2.99. The Morgan fingerprint density at radius 3 is 2.73 bits per heavy atom. The zero-order valence-electron chi connectivity index (χ0n) is 11.8. The number of Topliss-reactive ketones (excluding diaryl/α,β-unsaturated/α-hetero) is 1. The number of fused-ring (bicyclic) bond motifs is 1. The van der Waals surface area contributed by atoms with Crippen LogP contribution in [-0.2, 0) is 14.6 Å². The molecular weight excluding hydrogens is 366 g/mol. The fourth-order valence-corrected chi connectivity index (χ4v) is 6.01. The topological polar surface area (TPSA) is 63.6 Å². The Morgan fingerprint density at radius 1 is 1.14 bits per heavy atom. The Morgan fingerprint density at radius 2 is 1.95 bits per heavy atom. The van der Waals surface area contributed by atoms with Crippen molar-refractivity contribution in [3.05, 3.63) is 44.9 Å². The van der Waals surface area contributed by atoms with Gasteiger partial charge in [0.1, 0.15) is 5.78 Å². The van der Waals surface area contributed by atoms with Crippen molar-refractivity contribution >= 4 is 37.3 Å². The summed E-state index contributed by atoms with van der Waals surface area (Å²) in [5.74, 6) is -0.583. The maximum absolute atomic E-state index is 12.5. The van der Waals surface area contributed by atoms with Gasteiger partial charge in [-0.1, -0.05) is 28.1 Å². The number of hydrogen-bond donors (Lipinski definition) is 0. The van der Waals surface area contributed by atoms with Gasteiger partial charge in [-0.15, -0.1) is 0 Å². The number of halogens is 1. The summed E-state index contributed by atoms with van der Waals surface area (Å²) in [6.45, 7) is 0. The van der Waals surface area contributed by atoms with Gasteiger partial charge in [0.2, 0.25) is 0 Å². The van der Waals surface area contributed by atoms with Crippen molar-refractivity contribution in [1.82, 2.24) is 0 Å². The van der Waals surface area contributed by atoms with Gasteiger partial charge >= 0.3 is 0 Å². The van der Waals surface area contributed by atoms with Crippen LogP contribution in [0, 0.1) is 5.92 Å². The molecule has 0 N–H and O–H groups in total. The molecule has 2 unspecified atom stereocenters. The first-order valence-corrected chi connectivity index (χ1v) is 9.73. The van der Waals surface area contributed by atoms with Gasteiger partial charge in [0.25, 0.3) is 0 Å². The highest BCUT2D eigenvalue weighted by Crippen LogP contribution is 2.49. The molecule has 2 aliphatic heterocycles. The lowest BCUT2D eigenvalue weighted by Gasteiger charge is -2.28. The predicted octanol–water partition coefficient (Wildman–Crippen LogP) is 3.00. The van der Waals surface area contributed by atoms with Crippen LogP contribution in [-0.4, -0.2) is 25.7 Å². The van der Waals surface area contributed by atoms with Crippen LogP contribution >= 0.6 is 15.9 Å². The van der Waals surface area contributed by atoms with Crippen molar-refractivity contribution in [1.29, 1.82) is 0 Å². The van der Waals surface area contributed by atoms with Crippen LogP contribution < -0.4 is 0 Å². The summed E-state index contributed by atoms with van der Waals surface area (Å²) in [6, 6.07) is 7.60. The van der Waals surface area contributed by atoms with Crippen LogP contribution in [0.3, 0.4) is 0 Å². The summed E-state index contributed by atoms with van der Waals surface area (Å²) < 4.78 is 25.9. The third-order valence-electron chi connectivity index (χ3n) is 4.66. The summed E-state index contributed by atoms with van der Waals surface area (Å²) in [7, 11) is -3.31. The highest BCUT2D eigenvalue weighted by Gasteiger charge is 2.48. The summed E-state index contributed by atoms with van der Waals surface area (Å²) in [5.41, 5.74) is 2.41. The molecule has 0 aromatic heterocycles. The molecule has 0 amide bonds. The molecule has 2 heterocycles. The normalized spacial score (nSPS) is 29.3. The van der Waals surface area contributed by atoms with Gasteiger partial charge in [-0.25, -0.2) is 8.42 Å². The lowest BCUT2D eigenvalue weighted by Crippen LogP contribution is -2.29. The SMILES string of the molecule is O=C1CCC2=NC3=C(C(c4cccc(Br)c4)C12)S(=O)(=O)CC3. The standard InChI is InChI=1S/C16H14BrNO3S/c17-10-3-1-2-9(8-10)14-15-11(4-5-13(15)19)18-12-6-7-22(20,21)16(12)14/h1-3,8,14-15H,4-7H2. The minimum Gasteiger partial charge on any atom is -0.299 e. The van der Waals surface area contributed by atoms with Crippen molar-refractivity contribution in [2.75, 3.05) is 5.75 Å².